The highest BCUT2D eigenvalue weighted by atomic mass is 127. The van der Waals surface area contributed by atoms with Gasteiger partial charge in [-0.15, -0.1) is 0 Å². The van der Waals surface area contributed by atoms with E-state index in [1.807, 2.05) is 0 Å². The van der Waals surface area contributed by atoms with E-state index in [2.05, 4.69) is 62.0 Å². The van der Waals surface area contributed by atoms with Crippen molar-refractivity contribution in [2.75, 3.05) is 11.9 Å². The van der Waals surface area contributed by atoms with E-state index in [4.69, 9.17) is 4.74 Å². The maximum absolute atomic E-state index is 5.97. The zero-order chi connectivity index (χ0) is 12.6. The third kappa shape index (κ3) is 2.70. The summed E-state index contributed by atoms with van der Waals surface area (Å²) in [6.07, 6.45) is 6.10. The van der Waals surface area contributed by atoms with Crippen LogP contribution in [0.5, 0.6) is 0 Å². The first kappa shape index (κ1) is 13.2. The van der Waals surface area contributed by atoms with Gasteiger partial charge in [-0.3, -0.25) is 0 Å². The van der Waals surface area contributed by atoms with Crippen LogP contribution in [0.15, 0.2) is 22.7 Å². The first-order chi connectivity index (χ1) is 8.67. The Balaban J connectivity index is 1.70. The second-order valence-corrected chi connectivity index (χ2v) is 7.44. The van der Waals surface area contributed by atoms with Gasteiger partial charge in [-0.1, -0.05) is 0 Å². The monoisotopic (exact) mass is 421 g/mol. The molecule has 98 valence electrons. The summed E-state index contributed by atoms with van der Waals surface area (Å²) in [4.78, 5) is 0. The standard InChI is InChI=1S/C14H17BrINO/c15-12-3-2-10(16)8-13(12)17-11-4-7-18-14(9-11)5-1-6-14/h2-3,8,11,17H,1,4-7,9H2. The first-order valence-electron chi connectivity index (χ1n) is 6.52. The third-order valence-corrected chi connectivity index (χ3v) is 5.41. The molecule has 1 N–H and O–H groups in total. The summed E-state index contributed by atoms with van der Waals surface area (Å²) < 4.78 is 8.39. The van der Waals surface area contributed by atoms with Crippen LogP contribution in [-0.4, -0.2) is 18.2 Å². The van der Waals surface area contributed by atoms with Gasteiger partial charge in [-0.2, -0.15) is 0 Å². The third-order valence-electron chi connectivity index (χ3n) is 4.05. The molecular formula is C14H17BrINO. The minimum atomic E-state index is 0.213. The highest BCUT2D eigenvalue weighted by Crippen LogP contribution is 2.43. The van der Waals surface area contributed by atoms with Crippen molar-refractivity contribution in [3.05, 3.63) is 26.2 Å². The molecule has 0 bridgehead atoms. The van der Waals surface area contributed by atoms with Gasteiger partial charge in [-0.25, -0.2) is 0 Å². The van der Waals surface area contributed by atoms with E-state index in [0.29, 0.717) is 6.04 Å². The normalized spacial score (nSPS) is 25.8. The minimum Gasteiger partial charge on any atom is -0.381 e. The van der Waals surface area contributed by atoms with E-state index in [9.17, 15) is 0 Å². The van der Waals surface area contributed by atoms with Gasteiger partial charge in [0.15, 0.2) is 0 Å². The van der Waals surface area contributed by atoms with Gasteiger partial charge >= 0.3 is 0 Å². The maximum atomic E-state index is 5.97. The molecule has 0 radical (unpaired) electrons. The highest BCUT2D eigenvalue weighted by Gasteiger charge is 2.42. The molecule has 1 unspecified atom stereocenters. The fourth-order valence-electron chi connectivity index (χ4n) is 2.90. The van der Waals surface area contributed by atoms with Gasteiger partial charge < -0.3 is 10.1 Å². The lowest BCUT2D eigenvalue weighted by atomic mass is 9.74. The number of nitrogens with one attached hydrogen (secondary N) is 1. The second kappa shape index (κ2) is 5.29. The smallest absolute Gasteiger partial charge is 0.0702 e. The Morgan fingerprint density at radius 3 is 2.94 bits per heavy atom. The molecule has 1 aromatic carbocycles. The number of benzene rings is 1. The highest BCUT2D eigenvalue weighted by molar-refractivity contribution is 14.1. The maximum Gasteiger partial charge on any atom is 0.0702 e. The van der Waals surface area contributed by atoms with E-state index in [1.165, 1.54) is 28.5 Å². The van der Waals surface area contributed by atoms with Crippen molar-refractivity contribution in [2.45, 2.75) is 43.7 Å². The van der Waals surface area contributed by atoms with Crippen molar-refractivity contribution in [1.29, 1.82) is 0 Å². The number of halogens is 2. The number of anilines is 1. The number of hydrogen-bond donors (Lipinski definition) is 1. The molecular weight excluding hydrogens is 405 g/mol. The van der Waals surface area contributed by atoms with E-state index < -0.39 is 0 Å². The number of ether oxygens (including phenoxy) is 1. The van der Waals surface area contributed by atoms with Crippen molar-refractivity contribution in [3.63, 3.8) is 0 Å². The summed E-state index contributed by atoms with van der Waals surface area (Å²) in [5.74, 6) is 0. The predicted molar refractivity (Wildman–Crippen MR) is 86.0 cm³/mol. The Hall–Kier alpha value is 0.190. The van der Waals surface area contributed by atoms with Crippen molar-refractivity contribution in [3.8, 4) is 0 Å². The largest absolute Gasteiger partial charge is 0.381 e. The van der Waals surface area contributed by atoms with Crippen molar-refractivity contribution in [2.24, 2.45) is 0 Å². The zero-order valence-electron chi connectivity index (χ0n) is 10.2. The molecule has 1 aliphatic heterocycles. The van der Waals surface area contributed by atoms with Gasteiger partial charge in [0, 0.05) is 26.4 Å². The number of hydrogen-bond acceptors (Lipinski definition) is 2. The Bertz CT molecular complexity index is 447. The molecule has 3 rings (SSSR count). The van der Waals surface area contributed by atoms with Crippen LogP contribution in [-0.2, 0) is 4.74 Å². The Kier molecular flexibility index (Phi) is 3.87. The van der Waals surface area contributed by atoms with Gasteiger partial charge in [-0.05, 0) is 88.8 Å². The molecule has 1 saturated heterocycles. The van der Waals surface area contributed by atoms with E-state index in [0.717, 1.165) is 23.9 Å². The van der Waals surface area contributed by atoms with Crippen LogP contribution in [0.3, 0.4) is 0 Å². The van der Waals surface area contributed by atoms with Gasteiger partial charge in [0.2, 0.25) is 0 Å². The van der Waals surface area contributed by atoms with Crippen LogP contribution in [0.2, 0.25) is 0 Å². The van der Waals surface area contributed by atoms with Crippen LogP contribution >= 0.6 is 38.5 Å². The molecule has 18 heavy (non-hydrogen) atoms. The van der Waals surface area contributed by atoms with Crippen LogP contribution in [0.25, 0.3) is 0 Å². The van der Waals surface area contributed by atoms with Gasteiger partial charge in [0.25, 0.3) is 0 Å². The molecule has 1 spiro atoms. The molecule has 2 nitrogen and oxygen atoms in total. The van der Waals surface area contributed by atoms with Crippen LogP contribution in [0.1, 0.15) is 32.1 Å². The summed E-state index contributed by atoms with van der Waals surface area (Å²) in [6, 6.07) is 6.98. The quantitative estimate of drug-likeness (QED) is 0.706. The van der Waals surface area contributed by atoms with Crippen LogP contribution in [0.4, 0.5) is 5.69 Å². The fraction of sp³-hybridized carbons (Fsp3) is 0.571. The molecule has 1 heterocycles. The molecule has 2 aliphatic rings. The molecule has 4 heteroatoms. The average Bonchev–Trinajstić information content (AvgIpc) is 2.32. The molecule has 0 aromatic heterocycles. The topological polar surface area (TPSA) is 21.3 Å². The Morgan fingerprint density at radius 2 is 2.22 bits per heavy atom. The minimum absolute atomic E-state index is 0.213. The van der Waals surface area contributed by atoms with E-state index in [1.54, 1.807) is 0 Å². The Labute approximate surface area is 130 Å². The summed E-state index contributed by atoms with van der Waals surface area (Å²) >= 11 is 5.98. The van der Waals surface area contributed by atoms with Crippen LogP contribution in [0, 0.1) is 3.57 Å². The molecule has 0 amide bonds. The van der Waals surface area contributed by atoms with Gasteiger partial charge in [0.05, 0.1) is 5.60 Å². The zero-order valence-corrected chi connectivity index (χ0v) is 14.0. The molecule has 1 atom stereocenters. The summed E-state index contributed by atoms with van der Waals surface area (Å²) in [7, 11) is 0. The fourth-order valence-corrected chi connectivity index (χ4v) is 3.75. The molecule has 1 saturated carbocycles. The summed E-state index contributed by atoms with van der Waals surface area (Å²) in [5.41, 5.74) is 1.42. The van der Waals surface area contributed by atoms with E-state index >= 15 is 0 Å². The lowest BCUT2D eigenvalue weighted by molar-refractivity contribution is -0.130. The van der Waals surface area contributed by atoms with Crippen molar-refractivity contribution < 1.29 is 4.74 Å². The first-order valence-corrected chi connectivity index (χ1v) is 8.40. The van der Waals surface area contributed by atoms with Gasteiger partial charge in [0.1, 0.15) is 0 Å². The van der Waals surface area contributed by atoms with Crippen molar-refractivity contribution >= 4 is 44.2 Å². The molecule has 1 aromatic rings. The molecule has 2 fully saturated rings. The van der Waals surface area contributed by atoms with Crippen LogP contribution < -0.4 is 5.32 Å². The molecule has 1 aliphatic carbocycles. The SMILES string of the molecule is Brc1ccc(I)cc1NC1CCOC2(CCC2)C1. The van der Waals surface area contributed by atoms with Crippen molar-refractivity contribution in [1.82, 2.24) is 0 Å². The summed E-state index contributed by atoms with van der Waals surface area (Å²) in [6.45, 7) is 0.902. The Morgan fingerprint density at radius 1 is 1.39 bits per heavy atom. The van der Waals surface area contributed by atoms with E-state index in [-0.39, 0.29) is 5.60 Å². The second-order valence-electron chi connectivity index (χ2n) is 5.34. The predicted octanol–water partition coefficient (Wildman–Crippen LogP) is 4.57. The average molecular weight is 422 g/mol. The number of rotatable bonds is 2. The lowest BCUT2D eigenvalue weighted by Crippen LogP contribution is -2.49. The lowest BCUT2D eigenvalue weighted by Gasteiger charge is -2.47. The summed E-state index contributed by atoms with van der Waals surface area (Å²) in [5, 5.41) is 3.68.